The van der Waals surface area contributed by atoms with Gasteiger partial charge in [-0.1, -0.05) is 12.5 Å². The third-order valence-corrected chi connectivity index (χ3v) is 7.36. The molecule has 1 aliphatic heterocycles. The molecule has 1 N–H and O–H groups in total. The van der Waals surface area contributed by atoms with Crippen LogP contribution in [0.1, 0.15) is 57.9 Å². The monoisotopic (exact) mass is 423 g/mol. The Hall–Kier alpha value is -1.93. The molecule has 0 aromatic heterocycles. The van der Waals surface area contributed by atoms with E-state index in [1.807, 2.05) is 13.8 Å². The molecule has 0 radical (unpaired) electrons. The van der Waals surface area contributed by atoms with Crippen molar-refractivity contribution in [3.05, 3.63) is 23.8 Å². The second-order valence-electron chi connectivity index (χ2n) is 7.41. The maximum absolute atomic E-state index is 13.0. The van der Waals surface area contributed by atoms with Gasteiger partial charge in [0.15, 0.2) is 0 Å². The van der Waals surface area contributed by atoms with Gasteiger partial charge in [-0.15, -0.1) is 0 Å². The normalized spacial score (nSPS) is 15.1. The second kappa shape index (κ2) is 10.7. The summed E-state index contributed by atoms with van der Waals surface area (Å²) in [6.45, 7) is 8.04. The summed E-state index contributed by atoms with van der Waals surface area (Å²) in [6.07, 6.45) is 3.82. The molecular formula is C21H33N3O4S. The molecule has 8 heteroatoms. The first-order valence-corrected chi connectivity index (χ1v) is 11.9. The van der Waals surface area contributed by atoms with Crippen LogP contribution in [0, 0.1) is 6.92 Å². The van der Waals surface area contributed by atoms with Gasteiger partial charge in [0.1, 0.15) is 0 Å². The summed E-state index contributed by atoms with van der Waals surface area (Å²) in [4.78, 5) is 26.3. The number of rotatable bonds is 9. The number of benzene rings is 1. The molecule has 0 spiro atoms. The number of nitrogens with one attached hydrogen (secondary N) is 1. The maximum Gasteiger partial charge on any atom is 0.243 e. The van der Waals surface area contributed by atoms with Crippen molar-refractivity contribution in [2.75, 3.05) is 31.5 Å². The van der Waals surface area contributed by atoms with Gasteiger partial charge in [-0.3, -0.25) is 9.59 Å². The minimum atomic E-state index is -3.56. The molecule has 1 fully saturated rings. The van der Waals surface area contributed by atoms with Crippen LogP contribution in [0.4, 0.5) is 5.69 Å². The lowest BCUT2D eigenvalue weighted by Gasteiger charge is -2.26. The molecule has 1 aromatic rings. The quantitative estimate of drug-likeness (QED) is 0.661. The summed E-state index contributed by atoms with van der Waals surface area (Å²) in [5.41, 5.74) is 1.13. The predicted octanol–water partition coefficient (Wildman–Crippen LogP) is 3.15. The van der Waals surface area contributed by atoms with E-state index in [1.165, 1.54) is 10.4 Å². The maximum atomic E-state index is 13.0. The molecule has 0 saturated carbocycles. The van der Waals surface area contributed by atoms with E-state index in [0.29, 0.717) is 50.3 Å². The van der Waals surface area contributed by atoms with Gasteiger partial charge in [0.25, 0.3) is 0 Å². The highest BCUT2D eigenvalue weighted by molar-refractivity contribution is 7.89. The van der Waals surface area contributed by atoms with E-state index in [-0.39, 0.29) is 23.1 Å². The van der Waals surface area contributed by atoms with Crippen LogP contribution in [0.3, 0.4) is 0 Å². The van der Waals surface area contributed by atoms with Crippen molar-refractivity contribution < 1.29 is 18.0 Å². The lowest BCUT2D eigenvalue weighted by molar-refractivity contribution is -0.131. The summed E-state index contributed by atoms with van der Waals surface area (Å²) in [7, 11) is -3.56. The summed E-state index contributed by atoms with van der Waals surface area (Å²) in [5, 5.41) is 2.77. The SMILES string of the molecule is CCN(CC)C(=O)CCCC(=O)Nc1ccc(C)c(S(=O)(=O)N2CCCCC2)c1. The Kier molecular flexibility index (Phi) is 8.64. The zero-order valence-corrected chi connectivity index (χ0v) is 18.6. The predicted molar refractivity (Wildman–Crippen MR) is 114 cm³/mol. The minimum absolute atomic E-state index is 0.0491. The van der Waals surface area contributed by atoms with E-state index in [4.69, 9.17) is 0 Å². The summed E-state index contributed by atoms with van der Waals surface area (Å²) < 4.78 is 27.5. The van der Waals surface area contributed by atoms with Gasteiger partial charge in [-0.2, -0.15) is 4.31 Å². The van der Waals surface area contributed by atoms with Crippen LogP contribution in [0.2, 0.25) is 0 Å². The molecule has 0 atom stereocenters. The van der Waals surface area contributed by atoms with Crippen molar-refractivity contribution in [1.82, 2.24) is 9.21 Å². The van der Waals surface area contributed by atoms with E-state index >= 15 is 0 Å². The van der Waals surface area contributed by atoms with E-state index < -0.39 is 10.0 Å². The Morgan fingerprint density at radius 3 is 2.34 bits per heavy atom. The number of sulfonamides is 1. The van der Waals surface area contributed by atoms with Crippen LogP contribution in [-0.2, 0) is 19.6 Å². The number of hydrogen-bond donors (Lipinski definition) is 1. The van der Waals surface area contributed by atoms with E-state index in [1.54, 1.807) is 24.0 Å². The van der Waals surface area contributed by atoms with Crippen molar-refractivity contribution in [1.29, 1.82) is 0 Å². The Bertz CT molecular complexity index is 813. The molecule has 7 nitrogen and oxygen atoms in total. The molecule has 162 valence electrons. The number of aryl methyl sites for hydroxylation is 1. The van der Waals surface area contributed by atoms with Crippen molar-refractivity contribution in [2.45, 2.75) is 64.2 Å². The smallest absolute Gasteiger partial charge is 0.243 e. The molecule has 2 amide bonds. The number of piperidine rings is 1. The Labute approximate surface area is 174 Å². The van der Waals surface area contributed by atoms with Crippen LogP contribution in [0.15, 0.2) is 23.1 Å². The fourth-order valence-electron chi connectivity index (χ4n) is 3.56. The second-order valence-corrected chi connectivity index (χ2v) is 9.32. The summed E-state index contributed by atoms with van der Waals surface area (Å²) >= 11 is 0. The van der Waals surface area contributed by atoms with Crippen molar-refractivity contribution >= 4 is 27.5 Å². The topological polar surface area (TPSA) is 86.8 Å². The van der Waals surface area contributed by atoms with Gasteiger partial charge in [0.05, 0.1) is 4.90 Å². The zero-order valence-electron chi connectivity index (χ0n) is 17.7. The highest BCUT2D eigenvalue weighted by Crippen LogP contribution is 2.26. The van der Waals surface area contributed by atoms with Crippen molar-refractivity contribution in [2.24, 2.45) is 0 Å². The molecule has 0 unspecified atom stereocenters. The number of carbonyl (C=O) groups excluding carboxylic acids is 2. The Morgan fingerprint density at radius 2 is 1.72 bits per heavy atom. The van der Waals surface area contributed by atoms with Crippen molar-refractivity contribution in [3.63, 3.8) is 0 Å². The molecule has 29 heavy (non-hydrogen) atoms. The minimum Gasteiger partial charge on any atom is -0.343 e. The van der Waals surface area contributed by atoms with Crippen LogP contribution in [-0.4, -0.2) is 55.6 Å². The molecule has 1 aromatic carbocycles. The van der Waals surface area contributed by atoms with E-state index in [9.17, 15) is 18.0 Å². The Balaban J connectivity index is 1.98. The van der Waals surface area contributed by atoms with E-state index in [2.05, 4.69) is 5.32 Å². The molecular weight excluding hydrogens is 390 g/mol. The number of anilines is 1. The summed E-state index contributed by atoms with van der Waals surface area (Å²) in [5.74, 6) is -0.171. The number of nitrogens with zero attached hydrogens (tertiary/aromatic N) is 2. The first kappa shape index (κ1) is 23.3. The van der Waals surface area contributed by atoms with Crippen LogP contribution in [0.25, 0.3) is 0 Å². The number of amides is 2. The molecule has 1 saturated heterocycles. The third kappa shape index (κ3) is 6.27. The molecule has 2 rings (SSSR count). The zero-order chi connectivity index (χ0) is 21.4. The first-order chi connectivity index (χ1) is 13.8. The largest absolute Gasteiger partial charge is 0.343 e. The fraction of sp³-hybridized carbons (Fsp3) is 0.619. The number of hydrogen-bond acceptors (Lipinski definition) is 4. The Morgan fingerprint density at radius 1 is 1.07 bits per heavy atom. The van der Waals surface area contributed by atoms with Crippen molar-refractivity contribution in [3.8, 4) is 0 Å². The lowest BCUT2D eigenvalue weighted by atomic mass is 10.2. The van der Waals surface area contributed by atoms with Gasteiger partial charge in [-0.25, -0.2) is 8.42 Å². The van der Waals surface area contributed by atoms with Crippen LogP contribution >= 0.6 is 0 Å². The van der Waals surface area contributed by atoms with Gasteiger partial charge in [-0.05, 0) is 57.7 Å². The molecule has 0 aliphatic carbocycles. The highest BCUT2D eigenvalue weighted by atomic mass is 32.2. The molecule has 0 bridgehead atoms. The fourth-order valence-corrected chi connectivity index (χ4v) is 5.33. The molecule has 1 heterocycles. The van der Waals surface area contributed by atoms with Gasteiger partial charge in [0.2, 0.25) is 21.8 Å². The van der Waals surface area contributed by atoms with E-state index in [0.717, 1.165) is 19.3 Å². The number of carbonyl (C=O) groups is 2. The lowest BCUT2D eigenvalue weighted by Crippen LogP contribution is -2.36. The highest BCUT2D eigenvalue weighted by Gasteiger charge is 2.27. The average Bonchev–Trinajstić information content (AvgIpc) is 2.71. The van der Waals surface area contributed by atoms with Crippen LogP contribution in [0.5, 0.6) is 0 Å². The van der Waals surface area contributed by atoms with Gasteiger partial charge in [0, 0.05) is 44.7 Å². The summed E-state index contributed by atoms with van der Waals surface area (Å²) in [6, 6.07) is 4.97. The first-order valence-electron chi connectivity index (χ1n) is 10.5. The molecule has 1 aliphatic rings. The van der Waals surface area contributed by atoms with Gasteiger partial charge >= 0.3 is 0 Å². The third-order valence-electron chi connectivity index (χ3n) is 5.32. The standard InChI is InChI=1S/C21H33N3O4S/c1-4-23(5-2)21(26)11-9-10-20(25)22-18-13-12-17(3)19(16-18)29(27,28)24-14-7-6-8-15-24/h12-13,16H,4-11,14-15H2,1-3H3,(H,22,25). The van der Waals surface area contributed by atoms with Crippen LogP contribution < -0.4 is 5.32 Å². The average molecular weight is 424 g/mol. The van der Waals surface area contributed by atoms with Gasteiger partial charge < -0.3 is 10.2 Å².